The van der Waals surface area contributed by atoms with Crippen molar-refractivity contribution < 1.29 is 10.2 Å². The monoisotopic (exact) mass is 175 g/mol. The van der Waals surface area contributed by atoms with Crippen LogP contribution in [0.4, 0.5) is 0 Å². The predicted molar refractivity (Wildman–Crippen MR) is 46.3 cm³/mol. The van der Waals surface area contributed by atoms with E-state index in [1.54, 1.807) is 0 Å². The van der Waals surface area contributed by atoms with Crippen molar-refractivity contribution in [3.63, 3.8) is 0 Å². The van der Waals surface area contributed by atoms with Crippen LogP contribution in [0.5, 0.6) is 11.5 Å². The maximum Gasteiger partial charge on any atom is 0.120 e. The third-order valence-corrected chi connectivity index (χ3v) is 2.46. The van der Waals surface area contributed by atoms with Crippen LogP contribution < -0.4 is 0 Å². The number of rotatable bonds is 1. The molecule has 0 bridgehead atoms. The van der Waals surface area contributed by atoms with Crippen molar-refractivity contribution in [2.45, 2.75) is 18.3 Å². The largest absolute Gasteiger partial charge is 0.508 e. The van der Waals surface area contributed by atoms with Gasteiger partial charge in [-0.15, -0.1) is 0 Å². The molecule has 0 aromatic heterocycles. The number of benzene rings is 1. The molecule has 0 amide bonds. The standard InChI is InChI=1S/C10H9NO2/c11-6-10(3-4-10)8-5-7(12)1-2-9(8)13/h1-2,5,12-13H,3-4H2. The van der Waals surface area contributed by atoms with E-state index >= 15 is 0 Å². The topological polar surface area (TPSA) is 64.2 Å². The zero-order chi connectivity index (χ0) is 9.47. The van der Waals surface area contributed by atoms with Crippen LogP contribution in [-0.4, -0.2) is 10.2 Å². The minimum atomic E-state index is -0.539. The maximum absolute atomic E-state index is 9.48. The quantitative estimate of drug-likeness (QED) is 0.638. The summed E-state index contributed by atoms with van der Waals surface area (Å²) in [5.41, 5.74) is 0.0121. The van der Waals surface area contributed by atoms with E-state index < -0.39 is 5.41 Å². The summed E-state index contributed by atoms with van der Waals surface area (Å²) in [6, 6.07) is 6.46. The Morgan fingerprint density at radius 2 is 2.00 bits per heavy atom. The Morgan fingerprint density at radius 3 is 2.54 bits per heavy atom. The number of phenolic OH excluding ortho intramolecular Hbond substituents is 2. The Morgan fingerprint density at radius 1 is 1.31 bits per heavy atom. The van der Waals surface area contributed by atoms with Crippen LogP contribution in [-0.2, 0) is 5.41 Å². The fourth-order valence-electron chi connectivity index (χ4n) is 1.47. The maximum atomic E-state index is 9.48. The fraction of sp³-hybridized carbons (Fsp3) is 0.300. The summed E-state index contributed by atoms with van der Waals surface area (Å²) < 4.78 is 0. The van der Waals surface area contributed by atoms with Gasteiger partial charge in [-0.2, -0.15) is 5.26 Å². The van der Waals surface area contributed by atoms with E-state index in [2.05, 4.69) is 6.07 Å². The van der Waals surface area contributed by atoms with Crippen LogP contribution in [0.25, 0.3) is 0 Å². The molecular weight excluding hydrogens is 166 g/mol. The van der Waals surface area contributed by atoms with Gasteiger partial charge in [-0.05, 0) is 31.0 Å². The smallest absolute Gasteiger partial charge is 0.120 e. The highest BCUT2D eigenvalue weighted by atomic mass is 16.3. The van der Waals surface area contributed by atoms with Gasteiger partial charge in [-0.1, -0.05) is 0 Å². The zero-order valence-corrected chi connectivity index (χ0v) is 6.99. The van der Waals surface area contributed by atoms with E-state index in [9.17, 15) is 10.2 Å². The van der Waals surface area contributed by atoms with E-state index in [0.717, 1.165) is 12.8 Å². The summed E-state index contributed by atoms with van der Waals surface area (Å²) in [4.78, 5) is 0. The highest BCUT2D eigenvalue weighted by molar-refractivity contribution is 5.50. The molecular formula is C10H9NO2. The van der Waals surface area contributed by atoms with Crippen molar-refractivity contribution in [2.24, 2.45) is 0 Å². The molecule has 2 N–H and O–H groups in total. The number of nitrogens with zero attached hydrogens (tertiary/aromatic N) is 1. The minimum Gasteiger partial charge on any atom is -0.508 e. The van der Waals surface area contributed by atoms with E-state index in [-0.39, 0.29) is 11.5 Å². The van der Waals surface area contributed by atoms with Crippen LogP contribution in [0, 0.1) is 11.3 Å². The molecule has 0 radical (unpaired) electrons. The highest BCUT2D eigenvalue weighted by Crippen LogP contribution is 2.51. The second-order valence-electron chi connectivity index (χ2n) is 3.40. The molecule has 13 heavy (non-hydrogen) atoms. The lowest BCUT2D eigenvalue weighted by Crippen LogP contribution is -2.02. The van der Waals surface area contributed by atoms with Gasteiger partial charge in [0.15, 0.2) is 0 Å². The van der Waals surface area contributed by atoms with Crippen LogP contribution in [0.2, 0.25) is 0 Å². The van der Waals surface area contributed by atoms with E-state index in [0.29, 0.717) is 5.56 Å². The third kappa shape index (κ3) is 1.11. The third-order valence-electron chi connectivity index (χ3n) is 2.46. The zero-order valence-electron chi connectivity index (χ0n) is 6.99. The van der Waals surface area contributed by atoms with Crippen molar-refractivity contribution in [1.82, 2.24) is 0 Å². The summed E-state index contributed by atoms with van der Waals surface area (Å²) in [6.45, 7) is 0. The molecule has 3 heteroatoms. The summed E-state index contributed by atoms with van der Waals surface area (Å²) >= 11 is 0. The molecule has 1 saturated carbocycles. The Balaban J connectivity index is 2.52. The summed E-state index contributed by atoms with van der Waals surface area (Å²) in [5, 5.41) is 27.6. The van der Waals surface area contributed by atoms with Gasteiger partial charge < -0.3 is 10.2 Å². The SMILES string of the molecule is N#CC1(c2cc(O)ccc2O)CC1. The molecule has 0 spiro atoms. The van der Waals surface area contributed by atoms with Gasteiger partial charge >= 0.3 is 0 Å². The second-order valence-corrected chi connectivity index (χ2v) is 3.40. The van der Waals surface area contributed by atoms with Crippen molar-refractivity contribution in [3.05, 3.63) is 23.8 Å². The summed E-state index contributed by atoms with van der Waals surface area (Å²) in [6.07, 6.45) is 1.53. The average molecular weight is 175 g/mol. The van der Waals surface area contributed by atoms with Gasteiger partial charge in [0.25, 0.3) is 0 Å². The second kappa shape index (κ2) is 2.40. The fourth-order valence-corrected chi connectivity index (χ4v) is 1.47. The van der Waals surface area contributed by atoms with Crippen molar-refractivity contribution in [3.8, 4) is 17.6 Å². The molecule has 0 saturated heterocycles. The lowest BCUT2D eigenvalue weighted by Gasteiger charge is -2.08. The van der Waals surface area contributed by atoms with Gasteiger partial charge in [0.2, 0.25) is 0 Å². The van der Waals surface area contributed by atoms with Gasteiger partial charge in [-0.25, -0.2) is 0 Å². The first kappa shape index (κ1) is 7.93. The van der Waals surface area contributed by atoms with Crippen molar-refractivity contribution >= 4 is 0 Å². The van der Waals surface area contributed by atoms with Crippen LogP contribution in [0.3, 0.4) is 0 Å². The van der Waals surface area contributed by atoms with Gasteiger partial charge in [0, 0.05) is 5.56 Å². The van der Waals surface area contributed by atoms with Gasteiger partial charge in [-0.3, -0.25) is 0 Å². The molecule has 0 atom stereocenters. The normalized spacial score (nSPS) is 17.8. The first-order valence-electron chi connectivity index (χ1n) is 4.12. The molecule has 1 aliphatic rings. The first-order valence-corrected chi connectivity index (χ1v) is 4.12. The Hall–Kier alpha value is -1.69. The number of aromatic hydroxyl groups is 2. The van der Waals surface area contributed by atoms with E-state index in [4.69, 9.17) is 5.26 Å². The van der Waals surface area contributed by atoms with E-state index in [1.807, 2.05) is 0 Å². The number of hydrogen-bond acceptors (Lipinski definition) is 3. The molecule has 1 aliphatic carbocycles. The molecule has 0 heterocycles. The molecule has 1 aromatic rings. The summed E-state index contributed by atoms with van der Waals surface area (Å²) in [7, 11) is 0. The summed E-state index contributed by atoms with van der Waals surface area (Å²) in [5.74, 6) is 0.186. The van der Waals surface area contributed by atoms with Gasteiger partial charge in [0.1, 0.15) is 11.5 Å². The highest BCUT2D eigenvalue weighted by Gasteiger charge is 2.46. The van der Waals surface area contributed by atoms with Crippen LogP contribution >= 0.6 is 0 Å². The Labute approximate surface area is 75.9 Å². The predicted octanol–water partition coefficient (Wildman–Crippen LogP) is 1.65. The average Bonchev–Trinajstić information content (AvgIpc) is 2.90. The van der Waals surface area contributed by atoms with Crippen molar-refractivity contribution in [1.29, 1.82) is 5.26 Å². The minimum absolute atomic E-state index is 0.0920. The van der Waals surface area contributed by atoms with Crippen LogP contribution in [0.1, 0.15) is 18.4 Å². The molecule has 66 valence electrons. The molecule has 3 nitrogen and oxygen atoms in total. The molecule has 2 rings (SSSR count). The number of hydrogen-bond donors (Lipinski definition) is 2. The van der Waals surface area contributed by atoms with E-state index in [1.165, 1.54) is 18.2 Å². The van der Waals surface area contributed by atoms with Crippen molar-refractivity contribution in [2.75, 3.05) is 0 Å². The molecule has 1 fully saturated rings. The Kier molecular flexibility index (Phi) is 1.46. The lowest BCUT2D eigenvalue weighted by atomic mass is 9.96. The molecule has 1 aromatic carbocycles. The van der Waals surface area contributed by atoms with Gasteiger partial charge in [0.05, 0.1) is 11.5 Å². The molecule has 0 unspecified atom stereocenters. The van der Waals surface area contributed by atoms with Crippen LogP contribution in [0.15, 0.2) is 18.2 Å². The first-order chi connectivity index (χ1) is 6.18. The number of phenols is 2. The lowest BCUT2D eigenvalue weighted by molar-refractivity contribution is 0.451. The Bertz CT molecular complexity index is 388. The molecule has 0 aliphatic heterocycles. The number of nitriles is 1.